The van der Waals surface area contributed by atoms with Gasteiger partial charge in [-0.15, -0.1) is 0 Å². The van der Waals surface area contributed by atoms with E-state index in [9.17, 15) is 9.59 Å². The summed E-state index contributed by atoms with van der Waals surface area (Å²) in [6.07, 6.45) is 1.18. The highest BCUT2D eigenvalue weighted by Gasteiger charge is 2.29. The summed E-state index contributed by atoms with van der Waals surface area (Å²) < 4.78 is 10.5. The minimum atomic E-state index is -0.798. The van der Waals surface area contributed by atoms with Crippen LogP contribution in [-0.4, -0.2) is 37.1 Å². The Morgan fingerprint density at radius 2 is 1.68 bits per heavy atom. The molecule has 0 spiro atoms. The van der Waals surface area contributed by atoms with Gasteiger partial charge in [-0.25, -0.2) is 9.59 Å². The lowest BCUT2D eigenvalue weighted by Crippen LogP contribution is -2.42. The van der Waals surface area contributed by atoms with Gasteiger partial charge in [0.15, 0.2) is 0 Å². The van der Waals surface area contributed by atoms with Gasteiger partial charge < -0.3 is 14.8 Å². The van der Waals surface area contributed by atoms with Crippen LogP contribution in [0.2, 0.25) is 0 Å². The maximum Gasteiger partial charge on any atom is 0.407 e. The summed E-state index contributed by atoms with van der Waals surface area (Å²) in [5, 5.41) is 2.58. The highest BCUT2D eigenvalue weighted by Crippen LogP contribution is 2.44. The molecule has 2 aromatic rings. The average Bonchev–Trinajstić information content (AvgIpc) is 3.04. The van der Waals surface area contributed by atoms with Crippen LogP contribution >= 0.6 is 12.6 Å². The molecule has 1 atom stereocenters. The Balaban J connectivity index is 1.65. The number of esters is 1. The first-order chi connectivity index (χ1) is 13.7. The van der Waals surface area contributed by atoms with E-state index in [1.807, 2.05) is 24.3 Å². The molecule has 0 unspecified atom stereocenters. The van der Waals surface area contributed by atoms with E-state index in [2.05, 4.69) is 48.8 Å². The normalized spacial score (nSPS) is 13.2. The molecule has 146 valence electrons. The van der Waals surface area contributed by atoms with E-state index >= 15 is 0 Å². The van der Waals surface area contributed by atoms with E-state index in [0.29, 0.717) is 12.2 Å². The molecular weight excluding hydrogens is 374 g/mol. The van der Waals surface area contributed by atoms with E-state index in [0.717, 1.165) is 22.3 Å². The quantitative estimate of drug-likeness (QED) is 0.402. The van der Waals surface area contributed by atoms with Gasteiger partial charge in [0.05, 0.1) is 0 Å². The molecule has 1 N–H and O–H groups in total. The first kappa shape index (κ1) is 20.0. The first-order valence-electron chi connectivity index (χ1n) is 9.15. The molecule has 1 amide bonds. The monoisotopic (exact) mass is 397 g/mol. The third kappa shape index (κ3) is 4.39. The molecule has 0 radical (unpaired) electrons. The highest BCUT2D eigenvalue weighted by molar-refractivity contribution is 7.80. The van der Waals surface area contributed by atoms with Gasteiger partial charge >= 0.3 is 12.1 Å². The largest absolute Gasteiger partial charge is 0.460 e. The Morgan fingerprint density at radius 1 is 1.07 bits per heavy atom. The van der Waals surface area contributed by atoms with Crippen LogP contribution < -0.4 is 5.32 Å². The molecule has 0 bridgehead atoms. The van der Waals surface area contributed by atoms with Crippen molar-refractivity contribution in [1.82, 2.24) is 5.32 Å². The summed E-state index contributed by atoms with van der Waals surface area (Å²) in [5.74, 6) is -0.131. The predicted octanol–water partition coefficient (Wildman–Crippen LogP) is 3.94. The maximum atomic E-state index is 12.3. The number of rotatable bonds is 8. The van der Waals surface area contributed by atoms with Gasteiger partial charge in [0, 0.05) is 5.92 Å². The van der Waals surface area contributed by atoms with Crippen LogP contribution in [0.4, 0.5) is 4.79 Å². The average molecular weight is 397 g/mol. The molecule has 0 saturated heterocycles. The Kier molecular flexibility index (Phi) is 6.76. The predicted molar refractivity (Wildman–Crippen MR) is 112 cm³/mol. The smallest absolute Gasteiger partial charge is 0.407 e. The Labute approximate surface area is 170 Å². The number of thiol groups is 1. The Bertz CT molecular complexity index is 822. The lowest BCUT2D eigenvalue weighted by Gasteiger charge is -2.18. The summed E-state index contributed by atoms with van der Waals surface area (Å²) in [7, 11) is 0. The van der Waals surface area contributed by atoms with Crippen LogP contribution in [0.25, 0.3) is 11.1 Å². The van der Waals surface area contributed by atoms with Crippen molar-refractivity contribution in [2.75, 3.05) is 19.0 Å². The lowest BCUT2D eigenvalue weighted by molar-refractivity contribution is -0.144. The van der Waals surface area contributed by atoms with Crippen LogP contribution in [0.5, 0.6) is 0 Å². The third-order valence-electron chi connectivity index (χ3n) is 4.68. The zero-order chi connectivity index (χ0) is 19.9. The number of amides is 1. The zero-order valence-corrected chi connectivity index (χ0v) is 16.4. The van der Waals surface area contributed by atoms with Gasteiger partial charge in [0.25, 0.3) is 0 Å². The number of alkyl carbamates (subject to hydrolysis) is 1. The van der Waals surface area contributed by atoms with Gasteiger partial charge in [0.2, 0.25) is 0 Å². The molecule has 5 nitrogen and oxygen atoms in total. The van der Waals surface area contributed by atoms with Crippen molar-refractivity contribution >= 4 is 24.7 Å². The minimum Gasteiger partial charge on any atom is -0.460 e. The van der Waals surface area contributed by atoms with Crippen LogP contribution in [0, 0.1) is 0 Å². The van der Waals surface area contributed by atoms with Gasteiger partial charge in [0.1, 0.15) is 19.3 Å². The molecule has 1 aliphatic rings. The van der Waals surface area contributed by atoms with Crippen LogP contribution in [0.3, 0.4) is 0 Å². The van der Waals surface area contributed by atoms with Crippen molar-refractivity contribution in [2.24, 2.45) is 0 Å². The number of benzene rings is 2. The molecule has 2 aromatic carbocycles. The second-order valence-electron chi connectivity index (χ2n) is 6.45. The summed E-state index contributed by atoms with van der Waals surface area (Å²) in [4.78, 5) is 24.3. The molecule has 0 aliphatic heterocycles. The fourth-order valence-corrected chi connectivity index (χ4v) is 3.66. The fraction of sp³-hybridized carbons (Fsp3) is 0.273. The second-order valence-corrected chi connectivity index (χ2v) is 6.90. The SMILES string of the molecule is C=CCOC(=O)[C@H](CCS)NC(=O)OCC1c2ccccc2-c2ccccc21. The topological polar surface area (TPSA) is 64.6 Å². The van der Waals surface area contributed by atoms with Gasteiger partial charge in [-0.3, -0.25) is 0 Å². The van der Waals surface area contributed by atoms with Crippen molar-refractivity contribution in [3.8, 4) is 11.1 Å². The summed E-state index contributed by atoms with van der Waals surface area (Å²) >= 11 is 4.13. The number of carbonyl (C=O) groups is 2. The molecule has 1 aliphatic carbocycles. The minimum absolute atomic E-state index is 0.0332. The third-order valence-corrected chi connectivity index (χ3v) is 4.94. The molecule has 0 aromatic heterocycles. The molecular formula is C22H23NO4S. The molecule has 28 heavy (non-hydrogen) atoms. The molecule has 0 fully saturated rings. The van der Waals surface area contributed by atoms with E-state index in [1.165, 1.54) is 6.08 Å². The number of hydrogen-bond acceptors (Lipinski definition) is 5. The molecule has 0 saturated carbocycles. The fourth-order valence-electron chi connectivity index (χ4n) is 3.40. The standard InChI is InChI=1S/C22H23NO4S/c1-2-12-26-21(24)20(11-13-28)23-22(25)27-14-19-17-9-5-3-7-15(17)16-8-4-6-10-18(16)19/h2-10,19-20,28H,1,11-14H2,(H,23,25)/t20-/m0/s1. The number of ether oxygens (including phenoxy) is 2. The molecule has 0 heterocycles. The van der Waals surface area contributed by atoms with Crippen LogP contribution in [-0.2, 0) is 14.3 Å². The number of hydrogen-bond donors (Lipinski definition) is 2. The zero-order valence-electron chi connectivity index (χ0n) is 15.5. The van der Waals surface area contributed by atoms with Crippen molar-refractivity contribution < 1.29 is 19.1 Å². The number of fused-ring (bicyclic) bond motifs is 3. The molecule has 6 heteroatoms. The van der Waals surface area contributed by atoms with Crippen LogP contribution in [0.1, 0.15) is 23.5 Å². The van der Waals surface area contributed by atoms with Crippen molar-refractivity contribution in [1.29, 1.82) is 0 Å². The lowest BCUT2D eigenvalue weighted by atomic mass is 9.98. The van der Waals surface area contributed by atoms with Crippen molar-refractivity contribution in [3.05, 3.63) is 72.3 Å². The summed E-state index contributed by atoms with van der Waals surface area (Å²) in [5.41, 5.74) is 4.59. The maximum absolute atomic E-state index is 12.3. The van der Waals surface area contributed by atoms with Crippen molar-refractivity contribution in [3.63, 3.8) is 0 Å². The van der Waals surface area contributed by atoms with Gasteiger partial charge in [-0.2, -0.15) is 12.6 Å². The summed E-state index contributed by atoms with van der Waals surface area (Å²) in [6, 6.07) is 15.4. The Hall–Kier alpha value is -2.73. The van der Waals surface area contributed by atoms with E-state index in [-0.39, 0.29) is 19.1 Å². The van der Waals surface area contributed by atoms with Gasteiger partial charge in [-0.1, -0.05) is 61.2 Å². The highest BCUT2D eigenvalue weighted by atomic mass is 32.1. The number of carbonyl (C=O) groups excluding carboxylic acids is 2. The van der Waals surface area contributed by atoms with Crippen LogP contribution in [0.15, 0.2) is 61.2 Å². The first-order valence-corrected chi connectivity index (χ1v) is 9.78. The van der Waals surface area contributed by atoms with E-state index in [4.69, 9.17) is 9.47 Å². The Morgan fingerprint density at radius 3 is 2.25 bits per heavy atom. The van der Waals surface area contributed by atoms with Crippen molar-refractivity contribution in [2.45, 2.75) is 18.4 Å². The number of nitrogens with one attached hydrogen (secondary N) is 1. The van der Waals surface area contributed by atoms with E-state index < -0.39 is 18.1 Å². The van der Waals surface area contributed by atoms with E-state index in [1.54, 1.807) is 0 Å². The van der Waals surface area contributed by atoms with Gasteiger partial charge in [-0.05, 0) is 34.4 Å². The second kappa shape index (κ2) is 9.46. The molecule has 3 rings (SSSR count). The summed E-state index contributed by atoms with van der Waals surface area (Å²) in [6.45, 7) is 3.79.